The lowest BCUT2D eigenvalue weighted by atomic mass is 10.1. The Morgan fingerprint density at radius 1 is 1.35 bits per heavy atom. The van der Waals surface area contributed by atoms with Crippen LogP contribution in [-0.2, 0) is 13.5 Å². The van der Waals surface area contributed by atoms with Crippen LogP contribution in [0.1, 0.15) is 18.9 Å². The molecular formula is C14H19NO2. The number of benzene rings is 1. The fraction of sp³-hybridized carbons (Fsp3) is 0.429. The summed E-state index contributed by atoms with van der Waals surface area (Å²) in [5, 5.41) is 10.1. The molecule has 1 aromatic carbocycles. The van der Waals surface area contributed by atoms with Gasteiger partial charge < -0.3 is 14.4 Å². The Kier molecular flexibility index (Phi) is 3.69. The van der Waals surface area contributed by atoms with E-state index in [1.165, 1.54) is 16.5 Å². The molecule has 92 valence electrons. The van der Waals surface area contributed by atoms with Gasteiger partial charge in [-0.15, -0.1) is 0 Å². The van der Waals surface area contributed by atoms with E-state index in [9.17, 15) is 0 Å². The van der Waals surface area contributed by atoms with Crippen molar-refractivity contribution in [3.63, 3.8) is 0 Å². The molecule has 2 aromatic rings. The van der Waals surface area contributed by atoms with Crippen molar-refractivity contribution < 1.29 is 9.84 Å². The molecule has 0 radical (unpaired) electrons. The predicted octanol–water partition coefficient (Wildman–Crippen LogP) is 2.50. The van der Waals surface area contributed by atoms with E-state index >= 15 is 0 Å². The van der Waals surface area contributed by atoms with Crippen molar-refractivity contribution in [2.24, 2.45) is 7.05 Å². The Balaban J connectivity index is 2.41. The highest BCUT2D eigenvalue weighted by Crippen LogP contribution is 2.26. The summed E-state index contributed by atoms with van der Waals surface area (Å²) in [5.74, 6) is 0.913. The molecule has 1 N–H and O–H groups in total. The second-order valence-corrected chi connectivity index (χ2v) is 4.20. The molecule has 0 aliphatic heterocycles. The number of hydrogen-bond donors (Lipinski definition) is 1. The van der Waals surface area contributed by atoms with Crippen molar-refractivity contribution in [1.29, 1.82) is 0 Å². The number of aliphatic hydroxyl groups excluding tert-OH is 1. The van der Waals surface area contributed by atoms with Crippen LogP contribution in [0.25, 0.3) is 10.9 Å². The topological polar surface area (TPSA) is 34.4 Å². The Hall–Kier alpha value is -1.48. The number of aromatic nitrogens is 1. The zero-order valence-electron chi connectivity index (χ0n) is 10.4. The summed E-state index contributed by atoms with van der Waals surface area (Å²) >= 11 is 0. The van der Waals surface area contributed by atoms with Crippen LogP contribution in [0.3, 0.4) is 0 Å². The average molecular weight is 233 g/mol. The maximum Gasteiger partial charge on any atom is 0.120 e. The molecule has 0 fully saturated rings. The van der Waals surface area contributed by atoms with E-state index in [1.807, 2.05) is 20.0 Å². The van der Waals surface area contributed by atoms with Gasteiger partial charge in [-0.1, -0.05) is 0 Å². The van der Waals surface area contributed by atoms with E-state index in [1.54, 1.807) is 0 Å². The molecule has 0 saturated carbocycles. The molecule has 2 rings (SSSR count). The molecule has 0 aliphatic carbocycles. The quantitative estimate of drug-likeness (QED) is 0.861. The van der Waals surface area contributed by atoms with Crippen molar-refractivity contribution in [1.82, 2.24) is 4.57 Å². The van der Waals surface area contributed by atoms with E-state index in [4.69, 9.17) is 9.84 Å². The molecule has 0 saturated heterocycles. The van der Waals surface area contributed by atoms with Gasteiger partial charge in [-0.2, -0.15) is 0 Å². The maximum absolute atomic E-state index is 8.91. The number of ether oxygens (including phenoxy) is 1. The largest absolute Gasteiger partial charge is 0.494 e. The molecule has 1 heterocycles. The van der Waals surface area contributed by atoms with Crippen LogP contribution in [0.5, 0.6) is 5.75 Å². The van der Waals surface area contributed by atoms with Crippen LogP contribution in [0.4, 0.5) is 0 Å². The Morgan fingerprint density at radius 3 is 2.88 bits per heavy atom. The van der Waals surface area contributed by atoms with Crippen LogP contribution in [0.2, 0.25) is 0 Å². The van der Waals surface area contributed by atoms with Gasteiger partial charge in [0.1, 0.15) is 5.75 Å². The van der Waals surface area contributed by atoms with Crippen molar-refractivity contribution in [3.05, 3.63) is 30.0 Å². The van der Waals surface area contributed by atoms with Crippen molar-refractivity contribution in [2.75, 3.05) is 13.2 Å². The van der Waals surface area contributed by atoms with Crippen LogP contribution in [-0.4, -0.2) is 22.9 Å². The van der Waals surface area contributed by atoms with E-state index in [-0.39, 0.29) is 6.61 Å². The van der Waals surface area contributed by atoms with Crippen molar-refractivity contribution in [3.8, 4) is 5.75 Å². The van der Waals surface area contributed by atoms with Gasteiger partial charge in [0.2, 0.25) is 0 Å². The molecule has 17 heavy (non-hydrogen) atoms. The van der Waals surface area contributed by atoms with Crippen molar-refractivity contribution in [2.45, 2.75) is 19.8 Å². The maximum atomic E-state index is 8.91. The van der Waals surface area contributed by atoms with Crippen LogP contribution in [0, 0.1) is 0 Å². The van der Waals surface area contributed by atoms with Crippen LogP contribution in [0.15, 0.2) is 24.4 Å². The fourth-order valence-corrected chi connectivity index (χ4v) is 2.18. The third-order valence-corrected chi connectivity index (χ3v) is 2.96. The standard InChI is InChI=1S/C14H19NO2/c1-3-17-12-6-7-14-13(9-12)11(5-4-8-16)10-15(14)2/h6-7,9-10,16H,3-5,8H2,1-2H3. The van der Waals surface area contributed by atoms with Gasteiger partial charge >= 0.3 is 0 Å². The van der Waals surface area contributed by atoms with E-state index in [0.717, 1.165) is 18.6 Å². The summed E-state index contributed by atoms with van der Waals surface area (Å²) in [6.07, 6.45) is 3.84. The Morgan fingerprint density at radius 2 is 2.18 bits per heavy atom. The van der Waals surface area contributed by atoms with Gasteiger partial charge in [0.15, 0.2) is 0 Å². The molecular weight excluding hydrogens is 214 g/mol. The number of rotatable bonds is 5. The number of nitrogens with zero attached hydrogens (tertiary/aromatic N) is 1. The Labute approximate surface area is 102 Å². The van der Waals surface area contributed by atoms with Gasteiger partial charge in [0.25, 0.3) is 0 Å². The number of hydrogen-bond acceptors (Lipinski definition) is 2. The summed E-state index contributed by atoms with van der Waals surface area (Å²) in [6, 6.07) is 6.18. The molecule has 0 bridgehead atoms. The first-order valence-electron chi connectivity index (χ1n) is 6.08. The van der Waals surface area contributed by atoms with E-state index in [0.29, 0.717) is 6.61 Å². The third-order valence-electron chi connectivity index (χ3n) is 2.96. The first-order chi connectivity index (χ1) is 8.26. The first-order valence-corrected chi connectivity index (χ1v) is 6.08. The van der Waals surface area contributed by atoms with Gasteiger partial charge in [-0.3, -0.25) is 0 Å². The fourth-order valence-electron chi connectivity index (χ4n) is 2.18. The zero-order valence-corrected chi connectivity index (χ0v) is 10.4. The summed E-state index contributed by atoms with van der Waals surface area (Å²) in [5.41, 5.74) is 2.49. The van der Waals surface area contributed by atoms with Crippen LogP contribution >= 0.6 is 0 Å². The number of aryl methyl sites for hydroxylation is 2. The Bertz CT molecular complexity index is 502. The number of fused-ring (bicyclic) bond motifs is 1. The van der Waals surface area contributed by atoms with Gasteiger partial charge in [-0.05, 0) is 43.5 Å². The molecule has 0 aliphatic rings. The van der Waals surface area contributed by atoms with E-state index in [2.05, 4.69) is 22.9 Å². The summed E-state index contributed by atoms with van der Waals surface area (Å²) < 4.78 is 7.65. The van der Waals surface area contributed by atoms with Gasteiger partial charge in [0.05, 0.1) is 6.61 Å². The summed E-state index contributed by atoms with van der Waals surface area (Å²) in [6.45, 7) is 2.91. The minimum absolute atomic E-state index is 0.238. The summed E-state index contributed by atoms with van der Waals surface area (Å²) in [4.78, 5) is 0. The lowest BCUT2D eigenvalue weighted by Crippen LogP contribution is -1.91. The molecule has 0 amide bonds. The molecule has 3 heteroatoms. The monoisotopic (exact) mass is 233 g/mol. The van der Waals surface area contributed by atoms with Crippen LogP contribution < -0.4 is 4.74 Å². The smallest absolute Gasteiger partial charge is 0.120 e. The average Bonchev–Trinajstić information content (AvgIpc) is 2.64. The van der Waals surface area contributed by atoms with Gasteiger partial charge in [-0.25, -0.2) is 0 Å². The highest BCUT2D eigenvalue weighted by Gasteiger charge is 2.07. The number of aliphatic hydroxyl groups is 1. The van der Waals surface area contributed by atoms with Crippen molar-refractivity contribution >= 4 is 10.9 Å². The highest BCUT2D eigenvalue weighted by molar-refractivity contribution is 5.85. The zero-order chi connectivity index (χ0) is 12.3. The normalized spacial score (nSPS) is 11.0. The lowest BCUT2D eigenvalue weighted by molar-refractivity contribution is 0.288. The summed E-state index contributed by atoms with van der Waals surface area (Å²) in [7, 11) is 2.05. The molecule has 0 unspecified atom stereocenters. The lowest BCUT2D eigenvalue weighted by Gasteiger charge is -2.04. The second-order valence-electron chi connectivity index (χ2n) is 4.20. The SMILES string of the molecule is CCOc1ccc2c(c1)c(CCCO)cn2C. The highest BCUT2D eigenvalue weighted by atomic mass is 16.5. The molecule has 0 spiro atoms. The first kappa shape index (κ1) is 12.0. The third kappa shape index (κ3) is 2.44. The minimum Gasteiger partial charge on any atom is -0.494 e. The molecule has 3 nitrogen and oxygen atoms in total. The molecule has 1 aromatic heterocycles. The van der Waals surface area contributed by atoms with Gasteiger partial charge in [0, 0.05) is 30.8 Å². The predicted molar refractivity (Wildman–Crippen MR) is 69.5 cm³/mol. The van der Waals surface area contributed by atoms with E-state index < -0.39 is 0 Å². The molecule has 0 atom stereocenters. The minimum atomic E-state index is 0.238. The second kappa shape index (κ2) is 5.23.